The lowest BCUT2D eigenvalue weighted by molar-refractivity contribution is -0.131. The third-order valence-corrected chi connectivity index (χ3v) is 7.27. The van der Waals surface area contributed by atoms with Crippen LogP contribution in [0.2, 0.25) is 0 Å². The van der Waals surface area contributed by atoms with Crippen molar-refractivity contribution in [1.29, 1.82) is 0 Å². The van der Waals surface area contributed by atoms with Gasteiger partial charge in [-0.1, -0.05) is 30.3 Å². The van der Waals surface area contributed by atoms with Gasteiger partial charge in [0.15, 0.2) is 0 Å². The number of carbonyl (C=O) groups excluding carboxylic acids is 1. The molecule has 31 heavy (non-hydrogen) atoms. The second kappa shape index (κ2) is 9.73. The molecule has 0 radical (unpaired) electrons. The minimum absolute atomic E-state index is 0.0962. The highest BCUT2D eigenvalue weighted by Gasteiger charge is 2.23. The Morgan fingerprint density at radius 2 is 1.58 bits per heavy atom. The Balaban J connectivity index is 1.54. The molecule has 0 spiro atoms. The first kappa shape index (κ1) is 23.1. The number of aryl methyl sites for hydroxylation is 2. The summed E-state index contributed by atoms with van der Waals surface area (Å²) in [6.07, 6.45) is 2.06. The molecule has 0 unspecified atom stereocenters. The van der Waals surface area contributed by atoms with Crippen molar-refractivity contribution in [2.24, 2.45) is 0 Å². The van der Waals surface area contributed by atoms with Gasteiger partial charge in [0.25, 0.3) is 0 Å². The highest BCUT2D eigenvalue weighted by molar-refractivity contribution is 7.92. The fourth-order valence-electron chi connectivity index (χ4n) is 4.12. The Kier molecular flexibility index (Phi) is 7.26. The maximum Gasteiger partial charge on any atom is 0.232 e. The van der Waals surface area contributed by atoms with Gasteiger partial charge >= 0.3 is 0 Å². The van der Waals surface area contributed by atoms with Crippen molar-refractivity contribution in [2.75, 3.05) is 48.2 Å². The number of hydrogen-bond acceptors (Lipinski definition) is 4. The summed E-state index contributed by atoms with van der Waals surface area (Å²) < 4.78 is 26.0. The van der Waals surface area contributed by atoms with Crippen molar-refractivity contribution in [1.82, 2.24) is 4.90 Å². The molecule has 1 aliphatic heterocycles. The van der Waals surface area contributed by atoms with Gasteiger partial charge in [0.1, 0.15) is 0 Å². The summed E-state index contributed by atoms with van der Waals surface area (Å²) in [6.45, 7) is 9.48. The van der Waals surface area contributed by atoms with Gasteiger partial charge in [0.2, 0.25) is 15.9 Å². The average Bonchev–Trinajstić information content (AvgIpc) is 2.73. The van der Waals surface area contributed by atoms with E-state index in [4.69, 9.17) is 0 Å². The number of carbonyl (C=O) groups is 1. The van der Waals surface area contributed by atoms with Crippen LogP contribution in [0.15, 0.2) is 42.5 Å². The molecule has 2 aromatic carbocycles. The highest BCUT2D eigenvalue weighted by Crippen LogP contribution is 2.25. The summed E-state index contributed by atoms with van der Waals surface area (Å²) >= 11 is 0. The standard InChI is InChI=1S/C24H33N3O3S/c1-19-10-7-12-23(21(19)3)25-15-17-26(18-16-25)24(28)13-8-14-27(31(4,29)30)22-11-6-5-9-20(22)2/h5-7,9-12H,8,13-18H2,1-4H3. The summed E-state index contributed by atoms with van der Waals surface area (Å²) in [6, 6.07) is 13.8. The molecule has 0 N–H and O–H groups in total. The van der Waals surface area contributed by atoms with Crippen molar-refractivity contribution in [2.45, 2.75) is 33.6 Å². The molecule has 1 amide bonds. The van der Waals surface area contributed by atoms with Crippen molar-refractivity contribution in [3.63, 3.8) is 0 Å². The fourth-order valence-corrected chi connectivity index (χ4v) is 5.14. The average molecular weight is 444 g/mol. The minimum atomic E-state index is -3.41. The van der Waals surface area contributed by atoms with Crippen LogP contribution in [0.25, 0.3) is 0 Å². The maximum atomic E-state index is 12.7. The Morgan fingerprint density at radius 1 is 0.935 bits per heavy atom. The van der Waals surface area contributed by atoms with E-state index in [9.17, 15) is 13.2 Å². The van der Waals surface area contributed by atoms with Crippen molar-refractivity contribution in [3.05, 3.63) is 59.2 Å². The number of piperazine rings is 1. The van der Waals surface area contributed by atoms with Gasteiger partial charge in [-0.15, -0.1) is 0 Å². The van der Waals surface area contributed by atoms with Crippen molar-refractivity contribution >= 4 is 27.3 Å². The minimum Gasteiger partial charge on any atom is -0.368 e. The zero-order valence-electron chi connectivity index (χ0n) is 19.0. The summed E-state index contributed by atoms with van der Waals surface area (Å²) in [5, 5.41) is 0. The van der Waals surface area contributed by atoms with Crippen LogP contribution in [0.3, 0.4) is 0 Å². The summed E-state index contributed by atoms with van der Waals surface area (Å²) in [4.78, 5) is 17.0. The Morgan fingerprint density at radius 3 is 2.23 bits per heavy atom. The summed E-state index contributed by atoms with van der Waals surface area (Å²) in [5.74, 6) is 0.0962. The van der Waals surface area contributed by atoms with Crippen molar-refractivity contribution < 1.29 is 13.2 Å². The molecule has 1 aliphatic rings. The molecule has 0 bridgehead atoms. The van der Waals surface area contributed by atoms with Gasteiger partial charge in [-0.25, -0.2) is 8.42 Å². The molecule has 3 rings (SSSR count). The molecular formula is C24H33N3O3S. The number of rotatable bonds is 7. The van der Waals surface area contributed by atoms with E-state index in [0.29, 0.717) is 38.2 Å². The second-order valence-electron chi connectivity index (χ2n) is 8.31. The molecule has 1 heterocycles. The molecule has 0 atom stereocenters. The number of amides is 1. The zero-order valence-corrected chi connectivity index (χ0v) is 19.8. The smallest absolute Gasteiger partial charge is 0.232 e. The lowest BCUT2D eigenvalue weighted by Crippen LogP contribution is -2.49. The number of para-hydroxylation sites is 1. The Bertz CT molecular complexity index is 1030. The summed E-state index contributed by atoms with van der Waals surface area (Å²) in [7, 11) is -3.41. The van der Waals surface area contributed by atoms with E-state index in [0.717, 1.165) is 18.7 Å². The predicted octanol–water partition coefficient (Wildman–Crippen LogP) is 3.51. The van der Waals surface area contributed by atoms with Gasteiger partial charge < -0.3 is 9.80 Å². The van der Waals surface area contributed by atoms with Crippen LogP contribution in [0, 0.1) is 20.8 Å². The SMILES string of the molecule is Cc1ccccc1N(CCCC(=O)N1CCN(c2cccc(C)c2C)CC1)S(C)(=O)=O. The zero-order chi connectivity index (χ0) is 22.6. The highest BCUT2D eigenvalue weighted by atomic mass is 32.2. The quantitative estimate of drug-likeness (QED) is 0.657. The number of anilines is 2. The lowest BCUT2D eigenvalue weighted by atomic mass is 10.1. The molecule has 2 aromatic rings. The molecule has 1 fully saturated rings. The fraction of sp³-hybridized carbons (Fsp3) is 0.458. The van der Waals surface area contributed by atoms with Crippen LogP contribution < -0.4 is 9.21 Å². The maximum absolute atomic E-state index is 12.7. The van der Waals surface area contributed by atoms with Crippen LogP contribution in [0.4, 0.5) is 11.4 Å². The van der Waals surface area contributed by atoms with E-state index >= 15 is 0 Å². The number of hydrogen-bond donors (Lipinski definition) is 0. The largest absolute Gasteiger partial charge is 0.368 e. The Hall–Kier alpha value is -2.54. The summed E-state index contributed by atoms with van der Waals surface area (Å²) in [5.41, 5.74) is 5.40. The lowest BCUT2D eigenvalue weighted by Gasteiger charge is -2.37. The van der Waals surface area contributed by atoms with Gasteiger partial charge in [-0.2, -0.15) is 0 Å². The Labute approximate surface area is 186 Å². The van der Waals surface area contributed by atoms with Gasteiger partial charge in [-0.3, -0.25) is 9.10 Å². The monoisotopic (exact) mass is 443 g/mol. The van der Waals surface area contributed by atoms with E-state index in [1.54, 1.807) is 0 Å². The van der Waals surface area contributed by atoms with E-state index in [2.05, 4.69) is 36.9 Å². The van der Waals surface area contributed by atoms with Crippen LogP contribution in [-0.4, -0.2) is 58.2 Å². The number of benzene rings is 2. The molecule has 0 aromatic heterocycles. The second-order valence-corrected chi connectivity index (χ2v) is 10.2. The molecule has 0 aliphatic carbocycles. The van der Waals surface area contributed by atoms with E-state index in [-0.39, 0.29) is 5.91 Å². The van der Waals surface area contributed by atoms with Crippen LogP contribution in [-0.2, 0) is 14.8 Å². The van der Waals surface area contributed by atoms with Crippen LogP contribution >= 0.6 is 0 Å². The molecular weight excluding hydrogens is 410 g/mol. The first-order valence-corrected chi connectivity index (χ1v) is 12.7. The van der Waals surface area contributed by atoms with E-state index < -0.39 is 10.0 Å². The molecule has 7 heteroatoms. The molecule has 0 saturated carbocycles. The third kappa shape index (κ3) is 5.58. The van der Waals surface area contributed by atoms with Gasteiger partial charge in [0, 0.05) is 44.8 Å². The van der Waals surface area contributed by atoms with Crippen molar-refractivity contribution in [3.8, 4) is 0 Å². The van der Waals surface area contributed by atoms with Crippen LogP contribution in [0.1, 0.15) is 29.5 Å². The number of sulfonamides is 1. The van der Waals surface area contributed by atoms with E-state index in [1.807, 2.05) is 36.1 Å². The first-order valence-electron chi connectivity index (χ1n) is 10.8. The van der Waals surface area contributed by atoms with Gasteiger partial charge in [-0.05, 0) is 56.0 Å². The third-order valence-electron chi connectivity index (χ3n) is 6.09. The molecule has 6 nitrogen and oxygen atoms in total. The normalized spacial score (nSPS) is 14.6. The topological polar surface area (TPSA) is 60.9 Å². The van der Waals surface area contributed by atoms with Crippen LogP contribution in [0.5, 0.6) is 0 Å². The molecule has 168 valence electrons. The molecule has 1 saturated heterocycles. The predicted molar refractivity (Wildman–Crippen MR) is 127 cm³/mol. The van der Waals surface area contributed by atoms with E-state index in [1.165, 1.54) is 27.4 Å². The number of nitrogens with zero attached hydrogens (tertiary/aromatic N) is 3. The first-order chi connectivity index (χ1) is 14.7. The van der Waals surface area contributed by atoms with Gasteiger partial charge in [0.05, 0.1) is 11.9 Å².